The molecule has 0 saturated heterocycles. The smallest absolute Gasteiger partial charge is 0.262 e. The first-order valence-corrected chi connectivity index (χ1v) is 31.4. The molecule has 0 fully saturated rings. The fraction of sp³-hybridized carbons (Fsp3) is 0.106. The monoisotopic (exact) mass is 1650 g/mol. The average Bonchev–Trinajstić information content (AvgIpc) is 1.78. The molecule has 0 aliphatic rings. The van der Waals surface area contributed by atoms with Gasteiger partial charge in [-0.2, -0.15) is 158 Å². The van der Waals surface area contributed by atoms with Crippen LogP contribution in [-0.2, 0) is 62.5 Å². The van der Waals surface area contributed by atoms with Crippen molar-refractivity contribution in [3.8, 4) is 68.0 Å². The van der Waals surface area contributed by atoms with Crippen LogP contribution in [-0.4, -0.2) is 30.5 Å². The minimum absolute atomic E-state index is 0. The molecule has 0 atom stereocenters. The fourth-order valence-corrected chi connectivity index (χ4v) is 9.12. The van der Waals surface area contributed by atoms with E-state index in [1.807, 2.05) is 267 Å². The molecular weight excluding hydrogens is 1570 g/mol. The van der Waals surface area contributed by atoms with Gasteiger partial charge in [-0.25, -0.2) is 0 Å². The molecule has 11 aromatic carbocycles. The van der Waals surface area contributed by atoms with Crippen LogP contribution in [0, 0.1) is 48.5 Å². The molecule has 2 aromatic heterocycles. The molecular formula is C85H82Cl2Hf2N4O4-6. The van der Waals surface area contributed by atoms with Gasteiger partial charge >= 0.3 is 0 Å². The van der Waals surface area contributed by atoms with Crippen molar-refractivity contribution in [3.05, 3.63) is 387 Å². The Bertz CT molecular complexity index is 3990. The number of phenols is 2. The molecule has 2 N–H and O–H groups in total. The zero-order chi connectivity index (χ0) is 68.8. The summed E-state index contributed by atoms with van der Waals surface area (Å²) < 4.78 is 10.8. The van der Waals surface area contributed by atoms with Gasteiger partial charge in [0, 0.05) is 62.8 Å². The van der Waals surface area contributed by atoms with Crippen LogP contribution < -0.4 is 0 Å². The molecule has 2 heterocycles. The van der Waals surface area contributed by atoms with Crippen LogP contribution in [0.25, 0.3) is 56.6 Å². The number of aryl methyl sites for hydroxylation is 1. The number of hydrogen-bond acceptors (Lipinski definition) is 8. The van der Waals surface area contributed by atoms with Gasteiger partial charge in [-0.1, -0.05) is 178 Å². The van der Waals surface area contributed by atoms with Crippen LogP contribution in [0.5, 0.6) is 11.5 Å². The quantitative estimate of drug-likeness (QED) is 0.129. The Morgan fingerprint density at radius 3 is 0.814 bits per heavy atom. The first-order valence-electron chi connectivity index (χ1n) is 30.7. The molecule has 0 unspecified atom stereocenters. The van der Waals surface area contributed by atoms with Crippen LogP contribution in [0.3, 0.4) is 0 Å². The molecule has 494 valence electrons. The summed E-state index contributed by atoms with van der Waals surface area (Å²) in [5, 5.41) is 30.6. The molecule has 97 heavy (non-hydrogen) atoms. The SMILES string of the molecule is CC(C)(C)c1cc(-c2ccccc2)c(O)c(-c2nc(-c3c(Cl)cccc3Cl)no2)c1.Cc1noc(-c2cc(C(C)(C)C)cc(-c3ccccc3)c2O)n1.[CH2-]c1ccccc1.[CH2-]c1ccccc1.[CH2-]c1ccccc1.[CH2-]c1ccccc1.[CH2-]c1ccccc1.[CH2-]c1ccccc1.[Hf].[Hf]. The summed E-state index contributed by atoms with van der Waals surface area (Å²) in [7, 11) is 0. The molecule has 0 spiro atoms. The molecule has 0 aliphatic carbocycles. The van der Waals surface area contributed by atoms with E-state index in [1.54, 1.807) is 25.1 Å². The van der Waals surface area contributed by atoms with Crippen molar-refractivity contribution >= 4 is 23.2 Å². The molecule has 12 heteroatoms. The Kier molecular flexibility index (Phi) is 34.0. The Balaban J connectivity index is 0.000000259. The number of aromatic nitrogens is 4. The molecule has 0 bridgehead atoms. The number of benzene rings is 11. The van der Waals surface area contributed by atoms with E-state index < -0.39 is 0 Å². The van der Waals surface area contributed by atoms with E-state index in [4.69, 9.17) is 32.2 Å². The maximum atomic E-state index is 11.1. The molecule has 13 aromatic rings. The van der Waals surface area contributed by atoms with Crippen LogP contribution in [0.1, 0.15) is 91.9 Å². The summed E-state index contributed by atoms with van der Waals surface area (Å²) in [6.45, 7) is 36.8. The first kappa shape index (κ1) is 80.3. The number of hydrogen-bond donors (Lipinski definition) is 2. The number of nitrogens with zero attached hydrogens (tertiary/aromatic N) is 4. The van der Waals surface area contributed by atoms with Gasteiger partial charge < -0.3 is 19.3 Å². The molecule has 0 radical (unpaired) electrons. The van der Waals surface area contributed by atoms with Gasteiger partial charge in [0.25, 0.3) is 11.8 Å². The van der Waals surface area contributed by atoms with Crippen molar-refractivity contribution in [3.63, 3.8) is 0 Å². The summed E-state index contributed by atoms with van der Waals surface area (Å²) in [5.74, 6) is 1.58. The van der Waals surface area contributed by atoms with Gasteiger partial charge in [0.05, 0.1) is 26.7 Å². The minimum Gasteiger partial charge on any atom is -0.506 e. The van der Waals surface area contributed by atoms with Crippen molar-refractivity contribution in [2.75, 3.05) is 0 Å². The van der Waals surface area contributed by atoms with Crippen LogP contribution in [0.15, 0.2) is 294 Å². The third-order valence-electron chi connectivity index (χ3n) is 13.8. The predicted octanol–water partition coefficient (Wildman–Crippen LogP) is 23.3. The number of rotatable bonds is 5. The second kappa shape index (κ2) is 41.1. The van der Waals surface area contributed by atoms with Gasteiger partial charge in [0.15, 0.2) is 5.82 Å². The average molecular weight is 1650 g/mol. The van der Waals surface area contributed by atoms with E-state index >= 15 is 0 Å². The van der Waals surface area contributed by atoms with Gasteiger partial charge in [0.1, 0.15) is 11.5 Å². The van der Waals surface area contributed by atoms with E-state index in [0.717, 1.165) is 61.2 Å². The fourth-order valence-electron chi connectivity index (χ4n) is 8.56. The topological polar surface area (TPSA) is 118 Å². The van der Waals surface area contributed by atoms with Crippen LogP contribution >= 0.6 is 23.2 Å². The third-order valence-corrected chi connectivity index (χ3v) is 14.4. The number of phenolic OH excluding ortho intramolecular Hbond substituents is 2. The first-order chi connectivity index (χ1) is 45.5. The van der Waals surface area contributed by atoms with E-state index in [2.05, 4.69) is 103 Å². The summed E-state index contributed by atoms with van der Waals surface area (Å²) in [4.78, 5) is 8.75. The van der Waals surface area contributed by atoms with Gasteiger partial charge in [-0.15, -0.1) is 72.8 Å². The minimum atomic E-state index is -0.152. The number of aromatic hydroxyl groups is 2. The van der Waals surface area contributed by atoms with E-state index in [0.29, 0.717) is 44.0 Å². The summed E-state index contributed by atoms with van der Waals surface area (Å²) in [6, 6.07) is 91.8. The molecule has 13 rings (SSSR count). The van der Waals surface area contributed by atoms with Crippen molar-refractivity contribution in [2.45, 2.75) is 59.3 Å². The van der Waals surface area contributed by atoms with Crippen molar-refractivity contribution in [2.24, 2.45) is 0 Å². The number of halogens is 2. The molecule has 0 saturated carbocycles. The Hall–Kier alpha value is -9.16. The molecule has 8 nitrogen and oxygen atoms in total. The molecule has 0 amide bonds. The second-order valence-corrected chi connectivity index (χ2v) is 24.5. The summed E-state index contributed by atoms with van der Waals surface area (Å²) in [6.07, 6.45) is 0. The maximum absolute atomic E-state index is 11.1. The Labute approximate surface area is 623 Å². The largest absolute Gasteiger partial charge is 0.506 e. The van der Waals surface area contributed by atoms with Gasteiger partial charge in [-0.3, -0.25) is 0 Å². The maximum Gasteiger partial charge on any atom is 0.262 e. The Morgan fingerprint density at radius 2 is 0.577 bits per heavy atom. The predicted molar refractivity (Wildman–Crippen MR) is 397 cm³/mol. The van der Waals surface area contributed by atoms with Crippen LogP contribution in [0.2, 0.25) is 10.0 Å². The van der Waals surface area contributed by atoms with E-state index in [9.17, 15) is 10.2 Å². The third kappa shape index (κ3) is 27.5. The summed E-state index contributed by atoms with van der Waals surface area (Å²) >= 11 is 12.6. The van der Waals surface area contributed by atoms with Crippen molar-refractivity contribution in [1.82, 2.24) is 20.3 Å². The zero-order valence-electron chi connectivity index (χ0n) is 56.1. The summed E-state index contributed by atoms with van der Waals surface area (Å²) in [5.41, 5.74) is 13.2. The van der Waals surface area contributed by atoms with Crippen molar-refractivity contribution in [1.29, 1.82) is 0 Å². The standard InChI is InChI=1S/C24H20Cl2N2O2.C19H20N2O2.6C7H7.2Hf/c1-24(2,3)15-12-16(14-8-5-4-6-9-14)21(29)17(13-15)23-27-22(28-30-23)20-18(25)10-7-11-19(20)26;1-12-20-18(23-21-12)16-11-14(19(2,3)4)10-15(17(16)22)13-8-6-5-7-9-13;6*1-7-5-3-2-4-6-7;;/h4-13,29H,1-3H3;5-11,22H,1-4H3;6*2-6H,1H2;;/q;;6*-1;;. The van der Waals surface area contributed by atoms with Crippen LogP contribution in [0.4, 0.5) is 0 Å². The van der Waals surface area contributed by atoms with E-state index in [1.165, 1.54) is 0 Å². The van der Waals surface area contributed by atoms with Gasteiger partial charge in [-0.05, 0) is 76.4 Å². The molecule has 0 aliphatic heterocycles. The van der Waals surface area contributed by atoms with Crippen molar-refractivity contribution < 1.29 is 70.9 Å². The van der Waals surface area contributed by atoms with E-state index in [-0.39, 0.29) is 85.7 Å². The van der Waals surface area contributed by atoms with Gasteiger partial charge in [0.2, 0.25) is 5.82 Å². The normalized spacial score (nSPS) is 10.1. The Morgan fingerprint density at radius 1 is 0.330 bits per heavy atom. The second-order valence-electron chi connectivity index (χ2n) is 23.7. The zero-order valence-corrected chi connectivity index (χ0v) is 64.8.